The van der Waals surface area contributed by atoms with Gasteiger partial charge in [0.05, 0.1) is 14.2 Å². The molecule has 1 aromatic rings. The van der Waals surface area contributed by atoms with Gasteiger partial charge in [0.15, 0.2) is 0 Å². The van der Waals surface area contributed by atoms with Gasteiger partial charge >= 0.3 is 11.9 Å². The van der Waals surface area contributed by atoms with Crippen LogP contribution in [0.3, 0.4) is 0 Å². The fourth-order valence-corrected chi connectivity index (χ4v) is 3.14. The summed E-state index contributed by atoms with van der Waals surface area (Å²) < 4.78 is 9.56. The Hall–Kier alpha value is -2.04. The van der Waals surface area contributed by atoms with Gasteiger partial charge < -0.3 is 14.6 Å². The molecule has 0 aromatic heterocycles. The third kappa shape index (κ3) is 6.56. The molecule has 0 aliphatic heterocycles. The van der Waals surface area contributed by atoms with Crippen LogP contribution in [0.15, 0.2) is 12.1 Å². The number of carbonyl (C=O) groups excluding carboxylic acids is 2. The summed E-state index contributed by atoms with van der Waals surface area (Å²) in [5.74, 6) is -0.615. The molecule has 0 spiro atoms. The van der Waals surface area contributed by atoms with Gasteiger partial charge in [-0.2, -0.15) is 0 Å². The molecular weight excluding hydrogens is 344 g/mol. The zero-order chi connectivity index (χ0) is 21.0. The fourth-order valence-electron chi connectivity index (χ4n) is 3.14. The molecule has 0 bridgehead atoms. The topological polar surface area (TPSA) is 72.8 Å². The normalized spacial score (nSPS) is 12.2. The molecule has 0 atom stereocenters. The van der Waals surface area contributed by atoms with Gasteiger partial charge in [0.2, 0.25) is 0 Å². The van der Waals surface area contributed by atoms with E-state index in [4.69, 9.17) is 9.47 Å². The second-order valence-electron chi connectivity index (χ2n) is 9.17. The van der Waals surface area contributed by atoms with Crippen molar-refractivity contribution in [3.05, 3.63) is 28.8 Å². The van der Waals surface area contributed by atoms with E-state index in [9.17, 15) is 14.7 Å². The lowest BCUT2D eigenvalue weighted by Crippen LogP contribution is -2.20. The first-order valence-corrected chi connectivity index (χ1v) is 9.30. The van der Waals surface area contributed by atoms with E-state index < -0.39 is 0 Å². The predicted octanol–water partition coefficient (Wildman–Crippen LogP) is 4.27. The van der Waals surface area contributed by atoms with E-state index in [0.29, 0.717) is 12.2 Å². The Morgan fingerprint density at radius 1 is 0.889 bits per heavy atom. The molecule has 1 aromatic carbocycles. The SMILES string of the molecule is COC(=O)CC(CC(=O)OC)Cc1cc(C(C)(C)C)c(O)c(C(C)(C)C)c1. The lowest BCUT2D eigenvalue weighted by atomic mass is 9.77. The molecule has 27 heavy (non-hydrogen) atoms. The van der Waals surface area contributed by atoms with Crippen molar-refractivity contribution in [3.63, 3.8) is 0 Å². The van der Waals surface area contributed by atoms with Crippen LogP contribution in [0.1, 0.15) is 71.1 Å². The van der Waals surface area contributed by atoms with Crippen molar-refractivity contribution in [2.45, 2.75) is 71.6 Å². The van der Waals surface area contributed by atoms with Crippen molar-refractivity contribution >= 4 is 11.9 Å². The lowest BCUT2D eigenvalue weighted by molar-refractivity contribution is -0.144. The van der Waals surface area contributed by atoms with Gasteiger partial charge in [-0.05, 0) is 39.9 Å². The third-order valence-electron chi connectivity index (χ3n) is 4.68. The van der Waals surface area contributed by atoms with Crippen LogP contribution < -0.4 is 0 Å². The van der Waals surface area contributed by atoms with Gasteiger partial charge in [-0.15, -0.1) is 0 Å². The molecule has 0 saturated carbocycles. The predicted molar refractivity (Wildman–Crippen MR) is 106 cm³/mol. The van der Waals surface area contributed by atoms with Crippen LogP contribution >= 0.6 is 0 Å². The van der Waals surface area contributed by atoms with Gasteiger partial charge in [-0.1, -0.05) is 53.7 Å². The van der Waals surface area contributed by atoms with Gasteiger partial charge in [0.1, 0.15) is 5.75 Å². The Morgan fingerprint density at radius 3 is 1.56 bits per heavy atom. The number of hydrogen-bond acceptors (Lipinski definition) is 5. The average molecular weight is 379 g/mol. The zero-order valence-electron chi connectivity index (χ0n) is 17.9. The summed E-state index contributed by atoms with van der Waals surface area (Å²) in [6, 6.07) is 3.96. The summed E-state index contributed by atoms with van der Waals surface area (Å²) in [5.41, 5.74) is 2.24. The molecule has 0 fully saturated rings. The van der Waals surface area contributed by atoms with E-state index in [1.807, 2.05) is 12.1 Å². The van der Waals surface area contributed by atoms with Crippen molar-refractivity contribution in [3.8, 4) is 5.75 Å². The molecule has 0 aliphatic carbocycles. The van der Waals surface area contributed by atoms with E-state index in [1.54, 1.807) is 0 Å². The molecule has 5 nitrogen and oxygen atoms in total. The fraction of sp³-hybridized carbons (Fsp3) is 0.636. The van der Waals surface area contributed by atoms with Crippen LogP contribution in [0.25, 0.3) is 0 Å². The van der Waals surface area contributed by atoms with Crippen molar-refractivity contribution in [2.75, 3.05) is 14.2 Å². The van der Waals surface area contributed by atoms with Crippen LogP contribution in [0.4, 0.5) is 0 Å². The summed E-state index contributed by atoms with van der Waals surface area (Å²) >= 11 is 0. The van der Waals surface area contributed by atoms with Crippen LogP contribution in [0.5, 0.6) is 5.75 Å². The summed E-state index contributed by atoms with van der Waals surface area (Å²) in [4.78, 5) is 23.5. The minimum absolute atomic E-state index is 0.141. The number of ether oxygens (including phenoxy) is 2. The van der Waals surface area contributed by atoms with Crippen molar-refractivity contribution < 1.29 is 24.2 Å². The second-order valence-corrected chi connectivity index (χ2v) is 9.17. The molecule has 1 N–H and O–H groups in total. The number of methoxy groups -OCH3 is 2. The molecule has 0 unspecified atom stereocenters. The van der Waals surface area contributed by atoms with Gasteiger partial charge in [-0.25, -0.2) is 0 Å². The quantitative estimate of drug-likeness (QED) is 0.748. The van der Waals surface area contributed by atoms with E-state index in [0.717, 1.165) is 16.7 Å². The Bertz CT molecular complexity index is 624. The van der Waals surface area contributed by atoms with Gasteiger partial charge in [0, 0.05) is 12.8 Å². The van der Waals surface area contributed by atoms with E-state index >= 15 is 0 Å². The molecule has 5 heteroatoms. The van der Waals surface area contributed by atoms with Crippen molar-refractivity contribution in [2.24, 2.45) is 5.92 Å². The number of rotatable bonds is 6. The molecule has 1 rings (SSSR count). The van der Waals surface area contributed by atoms with Crippen LogP contribution in [0, 0.1) is 5.92 Å². The molecule has 0 aliphatic rings. The first-order valence-electron chi connectivity index (χ1n) is 9.30. The molecule has 0 radical (unpaired) electrons. The number of benzene rings is 1. The highest BCUT2D eigenvalue weighted by Gasteiger charge is 2.28. The van der Waals surface area contributed by atoms with Crippen LogP contribution in [-0.4, -0.2) is 31.3 Å². The number of carbonyl (C=O) groups is 2. The van der Waals surface area contributed by atoms with Crippen molar-refractivity contribution in [1.29, 1.82) is 0 Å². The number of phenols is 1. The number of hydrogen-bond donors (Lipinski definition) is 1. The Morgan fingerprint density at radius 2 is 1.26 bits per heavy atom. The van der Waals surface area contributed by atoms with Crippen LogP contribution in [-0.2, 0) is 36.3 Å². The maximum Gasteiger partial charge on any atom is 0.305 e. The van der Waals surface area contributed by atoms with E-state index in [1.165, 1.54) is 14.2 Å². The average Bonchev–Trinajstić information content (AvgIpc) is 2.53. The largest absolute Gasteiger partial charge is 0.507 e. The molecule has 152 valence electrons. The smallest absolute Gasteiger partial charge is 0.305 e. The standard InChI is InChI=1S/C22H34O5/c1-21(2,3)16-10-14(11-17(20(16)25)22(4,5)6)9-15(12-18(23)26-7)13-19(24)27-8/h10-11,15,25H,9,12-13H2,1-8H3. The second kappa shape index (κ2) is 8.77. The zero-order valence-corrected chi connectivity index (χ0v) is 17.9. The lowest BCUT2D eigenvalue weighted by Gasteiger charge is -2.29. The van der Waals surface area contributed by atoms with E-state index in [2.05, 4.69) is 41.5 Å². The Kier molecular flexibility index (Phi) is 7.47. The summed E-state index contributed by atoms with van der Waals surface area (Å²) in [7, 11) is 2.68. The highest BCUT2D eigenvalue weighted by Crippen LogP contribution is 2.40. The van der Waals surface area contributed by atoms with Gasteiger partial charge in [0.25, 0.3) is 0 Å². The highest BCUT2D eigenvalue weighted by atomic mass is 16.5. The first-order chi connectivity index (χ1) is 12.3. The monoisotopic (exact) mass is 378 g/mol. The molecule has 0 saturated heterocycles. The summed E-state index contributed by atoms with van der Waals surface area (Å²) in [6.45, 7) is 12.3. The minimum atomic E-state index is -0.352. The molecule has 0 heterocycles. The van der Waals surface area contributed by atoms with Gasteiger partial charge in [-0.3, -0.25) is 9.59 Å². The Labute approximate surface area is 163 Å². The van der Waals surface area contributed by atoms with E-state index in [-0.39, 0.29) is 41.5 Å². The maximum absolute atomic E-state index is 11.8. The molecule has 0 amide bonds. The number of esters is 2. The summed E-state index contributed by atoms with van der Waals surface area (Å²) in [5, 5.41) is 10.8. The number of phenolic OH excluding ortho intramolecular Hbond substituents is 1. The highest BCUT2D eigenvalue weighted by molar-refractivity contribution is 5.73. The maximum atomic E-state index is 11.8. The van der Waals surface area contributed by atoms with Crippen LogP contribution in [0.2, 0.25) is 0 Å². The molecular formula is C22H34O5. The third-order valence-corrected chi connectivity index (χ3v) is 4.68. The summed E-state index contributed by atoms with van der Waals surface area (Å²) in [6.07, 6.45) is 0.807. The minimum Gasteiger partial charge on any atom is -0.507 e. The Balaban J connectivity index is 3.36. The number of aromatic hydroxyl groups is 1. The first kappa shape index (κ1) is 23.0. The van der Waals surface area contributed by atoms with Crippen molar-refractivity contribution in [1.82, 2.24) is 0 Å².